The molecule has 0 saturated heterocycles. The Kier molecular flexibility index (Phi) is 12.1. The van der Waals surface area contributed by atoms with Crippen molar-refractivity contribution < 1.29 is 43.7 Å². The van der Waals surface area contributed by atoms with Crippen LogP contribution in [0.4, 0.5) is 0 Å². The number of hydrogen-bond donors (Lipinski definition) is 3. The molecule has 0 fully saturated rings. The SMILES string of the molecule is COc1ccc2c3c4n(c2c1)Cc1c(ccc(OC)c1O)CC1=NCCc2c1n(c1cc(OC)ccc21)Cc1c(ccc(OC)c1O)CC1=NCCc2c1n(c1cc(OC)ccc21)Cc1c(ccc(OC)c1O)CC4=NCC3. The zero-order chi connectivity index (χ0) is 53.5. The van der Waals surface area contributed by atoms with E-state index in [1.165, 1.54) is 0 Å². The molecular weight excluding hydrogens is 985 g/mol. The molecule has 15 heteroatoms. The van der Waals surface area contributed by atoms with Crippen LogP contribution in [0.2, 0.25) is 0 Å². The highest BCUT2D eigenvalue weighted by Gasteiger charge is 2.33. The van der Waals surface area contributed by atoms with E-state index < -0.39 is 0 Å². The van der Waals surface area contributed by atoms with Gasteiger partial charge in [0.2, 0.25) is 0 Å². The van der Waals surface area contributed by atoms with Gasteiger partial charge in [0.25, 0.3) is 0 Å². The second-order valence-corrected chi connectivity index (χ2v) is 20.4. The van der Waals surface area contributed by atoms with Crippen molar-refractivity contribution in [3.05, 3.63) is 158 Å². The molecule has 0 atom stereocenters. The summed E-state index contributed by atoms with van der Waals surface area (Å²) in [6.45, 7) is 2.47. The molecule has 78 heavy (non-hydrogen) atoms. The fraction of sp³-hybridized carbons (Fsp3) is 0.286. The molecular formula is C63H60N6O9. The van der Waals surface area contributed by atoms with Crippen molar-refractivity contribution in [2.75, 3.05) is 62.3 Å². The maximum Gasteiger partial charge on any atom is 0.163 e. The Morgan fingerprint density at radius 2 is 0.654 bits per heavy atom. The number of aromatic hydroxyl groups is 3. The van der Waals surface area contributed by atoms with E-state index in [0.29, 0.717) is 109 Å². The van der Waals surface area contributed by atoms with Crippen molar-refractivity contribution >= 4 is 49.8 Å². The summed E-state index contributed by atoms with van der Waals surface area (Å²) in [5, 5.41) is 40.7. The van der Waals surface area contributed by atoms with Crippen LogP contribution in [0.3, 0.4) is 0 Å². The van der Waals surface area contributed by atoms with E-state index >= 15 is 0 Å². The van der Waals surface area contributed by atoms with Crippen molar-refractivity contribution in [2.45, 2.75) is 58.2 Å². The van der Waals surface area contributed by atoms with Gasteiger partial charge in [0.1, 0.15) is 17.2 Å². The summed E-state index contributed by atoms with van der Waals surface area (Å²) in [6.07, 6.45) is 3.24. The predicted molar refractivity (Wildman–Crippen MR) is 303 cm³/mol. The van der Waals surface area contributed by atoms with Crippen molar-refractivity contribution in [1.29, 1.82) is 0 Å². The molecule has 0 bridgehead atoms. The van der Waals surface area contributed by atoms with E-state index in [1.807, 2.05) is 54.6 Å². The first kappa shape index (κ1) is 48.8. The van der Waals surface area contributed by atoms with Crippen LogP contribution in [-0.2, 0) is 58.2 Å². The van der Waals surface area contributed by atoms with Gasteiger partial charge in [-0.2, -0.15) is 0 Å². The number of aliphatic imine (C=N–C) groups is 3. The highest BCUT2D eigenvalue weighted by atomic mass is 16.5. The van der Waals surface area contributed by atoms with E-state index in [1.54, 1.807) is 42.7 Å². The Bertz CT molecular complexity index is 3650. The average molecular weight is 1050 g/mol. The second-order valence-electron chi connectivity index (χ2n) is 20.4. The first-order valence-corrected chi connectivity index (χ1v) is 26.4. The first-order chi connectivity index (χ1) is 38.1. The summed E-state index contributed by atoms with van der Waals surface area (Å²) in [5.74, 6) is 3.28. The summed E-state index contributed by atoms with van der Waals surface area (Å²) >= 11 is 0. The van der Waals surface area contributed by atoms with E-state index in [2.05, 4.69) is 50.1 Å². The number of aromatic nitrogens is 3. The fourth-order valence-electron chi connectivity index (χ4n) is 12.9. The number of benzene rings is 6. The quantitative estimate of drug-likeness (QED) is 0.147. The molecule has 0 unspecified atom stereocenters. The van der Waals surface area contributed by atoms with E-state index in [-0.39, 0.29) is 36.9 Å². The van der Waals surface area contributed by atoms with Gasteiger partial charge in [0.05, 0.1) is 113 Å². The Hall–Kier alpha value is -8.85. The Labute approximate surface area is 450 Å². The van der Waals surface area contributed by atoms with Crippen LogP contribution in [-0.4, -0.2) is 108 Å². The Morgan fingerprint density at radius 1 is 0.359 bits per heavy atom. The van der Waals surface area contributed by atoms with Crippen LogP contribution in [0.1, 0.15) is 67.2 Å². The monoisotopic (exact) mass is 1040 g/mol. The predicted octanol–water partition coefficient (Wildman–Crippen LogP) is 9.94. The highest BCUT2D eigenvalue weighted by Crippen LogP contribution is 2.44. The third kappa shape index (κ3) is 7.72. The lowest BCUT2D eigenvalue weighted by molar-refractivity contribution is 0.369. The van der Waals surface area contributed by atoms with Gasteiger partial charge in [-0.3, -0.25) is 15.0 Å². The van der Waals surface area contributed by atoms with Crippen molar-refractivity contribution in [1.82, 2.24) is 13.7 Å². The zero-order valence-corrected chi connectivity index (χ0v) is 44.6. The topological polar surface area (TPSA) is 168 Å². The molecule has 6 aromatic carbocycles. The molecule has 3 N–H and O–H groups in total. The molecule has 0 spiro atoms. The average Bonchev–Trinajstić information content (AvgIpc) is 4.20. The standard InChI is InChI=1S/C63H60N6O9/c1-73-37-10-13-40-43-19-22-64-49-25-35-8-17-56(77-5)62(71)47(35)32-68-53-29-38(74-2)12-15-42(53)45-21-24-66-51(60(45)68)27-36-9-18-57(78-6)63(72)48(36)33-69-54-30-39(75-3)11-14-41(54)44-20-23-65-50(59(44)69)26-34-7-16-55(76-4)61(70)46(34)31-67(58(43)49)52(40)28-37/h7-18,28-30,70-72H,19-27,31-33H2,1-6H3. The number of fused-ring (bicyclic) bond motifs is 12. The molecule has 4 aliphatic rings. The molecule has 7 heterocycles. The van der Waals surface area contributed by atoms with Crippen molar-refractivity contribution in [3.63, 3.8) is 0 Å². The molecule has 0 aliphatic carbocycles. The lowest BCUT2D eigenvalue weighted by atomic mass is 9.93. The van der Waals surface area contributed by atoms with Crippen LogP contribution in [0.25, 0.3) is 32.7 Å². The number of methoxy groups -OCH3 is 6. The highest BCUT2D eigenvalue weighted by molar-refractivity contribution is 6.10. The molecule has 4 aliphatic heterocycles. The Balaban J connectivity index is 1.11. The van der Waals surface area contributed by atoms with Crippen molar-refractivity contribution in [3.8, 4) is 51.7 Å². The summed E-state index contributed by atoms with van der Waals surface area (Å²) in [6, 6.07) is 30.1. The number of hydrogen-bond acceptors (Lipinski definition) is 12. The first-order valence-electron chi connectivity index (χ1n) is 26.4. The summed E-state index contributed by atoms with van der Waals surface area (Å²) < 4.78 is 42.1. The van der Waals surface area contributed by atoms with E-state index in [9.17, 15) is 15.3 Å². The second kappa shape index (κ2) is 19.3. The molecule has 0 amide bonds. The minimum atomic E-state index is 0.0389. The minimum Gasteiger partial charge on any atom is -0.504 e. The van der Waals surface area contributed by atoms with E-state index in [0.717, 1.165) is 100 Å². The summed E-state index contributed by atoms with van der Waals surface area (Å²) in [7, 11) is 9.74. The molecule has 15 nitrogen and oxygen atoms in total. The zero-order valence-electron chi connectivity index (χ0n) is 44.6. The third-order valence-electron chi connectivity index (χ3n) is 16.7. The number of rotatable bonds is 6. The Morgan fingerprint density at radius 3 is 0.923 bits per heavy atom. The maximum atomic E-state index is 12.5. The maximum absolute atomic E-state index is 12.5. The van der Waals surface area contributed by atoms with Gasteiger partial charge in [-0.15, -0.1) is 0 Å². The van der Waals surface area contributed by atoms with Crippen LogP contribution < -0.4 is 28.4 Å². The van der Waals surface area contributed by atoms with Gasteiger partial charge in [-0.25, -0.2) is 0 Å². The van der Waals surface area contributed by atoms with E-state index in [4.69, 9.17) is 43.4 Å². The normalized spacial score (nSPS) is 15.1. The molecule has 13 rings (SSSR count). The lowest BCUT2D eigenvalue weighted by Crippen LogP contribution is -2.22. The van der Waals surface area contributed by atoms with Crippen LogP contribution >= 0.6 is 0 Å². The smallest absolute Gasteiger partial charge is 0.163 e. The molecule has 0 radical (unpaired) electrons. The van der Waals surface area contributed by atoms with Crippen molar-refractivity contribution in [2.24, 2.45) is 15.0 Å². The fourth-order valence-corrected chi connectivity index (χ4v) is 12.9. The molecule has 9 aromatic rings. The number of nitrogens with zero attached hydrogens (tertiary/aromatic N) is 6. The number of phenolic OH excluding ortho intramolecular Hbond substituents is 3. The van der Waals surface area contributed by atoms with Gasteiger partial charge in [-0.05, 0) is 107 Å². The number of phenols is 3. The van der Waals surface area contributed by atoms with Crippen LogP contribution in [0.15, 0.2) is 106 Å². The largest absolute Gasteiger partial charge is 0.504 e. The summed E-state index contributed by atoms with van der Waals surface area (Å²) in [5.41, 5.74) is 16.3. The minimum absolute atomic E-state index is 0.0389. The van der Waals surface area contributed by atoms with Gasteiger partial charge >= 0.3 is 0 Å². The molecule has 0 saturated carbocycles. The molecule has 3 aromatic heterocycles. The summed E-state index contributed by atoms with van der Waals surface area (Å²) in [4.78, 5) is 16.0. The lowest BCUT2D eigenvalue weighted by Gasteiger charge is -2.23. The van der Waals surface area contributed by atoms with Crippen LogP contribution in [0, 0.1) is 0 Å². The number of ether oxygens (including phenoxy) is 6. The van der Waals surface area contributed by atoms with Gasteiger partial charge < -0.3 is 57.4 Å². The van der Waals surface area contributed by atoms with Gasteiger partial charge in [-0.1, -0.05) is 18.2 Å². The molecule has 396 valence electrons. The van der Waals surface area contributed by atoms with Gasteiger partial charge in [0, 0.05) is 89.9 Å². The third-order valence-corrected chi connectivity index (χ3v) is 16.7. The van der Waals surface area contributed by atoms with Crippen LogP contribution in [0.5, 0.6) is 51.7 Å². The van der Waals surface area contributed by atoms with Gasteiger partial charge in [0.15, 0.2) is 34.5 Å².